The molecule has 10 nitrogen and oxygen atoms in total. The molecular weight excluding hydrogens is 912 g/mol. The van der Waals surface area contributed by atoms with Crippen molar-refractivity contribution in [1.82, 2.24) is 9.13 Å². The van der Waals surface area contributed by atoms with Crippen molar-refractivity contribution in [3.05, 3.63) is 88.9 Å². The first-order chi connectivity index (χ1) is 31.3. The quantitative estimate of drug-likeness (QED) is 0.153. The molecule has 3 aliphatic heterocycles. The number of hydrogen-bond acceptors (Lipinski definition) is 8. The van der Waals surface area contributed by atoms with Gasteiger partial charge >= 0.3 is 72.5 Å². The van der Waals surface area contributed by atoms with Crippen LogP contribution in [0.25, 0.3) is 43.6 Å². The zero-order valence-electron chi connectivity index (χ0n) is 45.3. The molecule has 0 saturated carbocycles. The smallest absolute Gasteiger partial charge is 0.550 e. The van der Waals surface area contributed by atoms with Crippen LogP contribution in [0.4, 0.5) is 0 Å². The second-order valence-electron chi connectivity index (χ2n) is 22.7. The standard InChI is InChI=1S/C23H30BNO2.C17H18ClN.C12H24B2O4.C2H4O2.K/c1-15(2)14-25-19-11-9-8-10-18(19)21-16(3)12-17(13-20(21)25)24-26-22(4,5)23(6,7)27-24;1-11(2)10-19-15-7-5-4-6-14(15)17-12(3)8-13(18)9-16(17)19;1-9(2)10(3,4)16-13(15-9)14-17-11(5,6)12(7,8)18-14;1-2(3)4;/h8-13,15H,14H2,1-7H3;4-9,11H,10H2,1-3H3;1-8H3;1H3,(H,3,4);/q;;;;+1/p-1. The van der Waals surface area contributed by atoms with E-state index in [1.54, 1.807) is 0 Å². The molecule has 15 heteroatoms. The number of halogens is 1. The summed E-state index contributed by atoms with van der Waals surface area (Å²) < 4.78 is 41.3. The fourth-order valence-electron chi connectivity index (χ4n) is 8.99. The van der Waals surface area contributed by atoms with Gasteiger partial charge in [0, 0.05) is 62.2 Å². The molecule has 0 bridgehead atoms. The predicted molar refractivity (Wildman–Crippen MR) is 282 cm³/mol. The maximum atomic E-state index is 8.89. The van der Waals surface area contributed by atoms with Gasteiger partial charge in [-0.15, -0.1) is 0 Å². The largest absolute Gasteiger partial charge is 1.00 e. The number of aliphatic carboxylic acids is 1. The van der Waals surface area contributed by atoms with E-state index in [2.05, 4.69) is 151 Å². The van der Waals surface area contributed by atoms with Gasteiger partial charge < -0.3 is 47.0 Å². The summed E-state index contributed by atoms with van der Waals surface area (Å²) in [5.41, 5.74) is 6.66. The average molecular weight is 987 g/mol. The zero-order valence-corrected chi connectivity index (χ0v) is 49.1. The Morgan fingerprint density at radius 2 is 0.870 bits per heavy atom. The number of fused-ring (bicyclic) bond motifs is 6. The molecule has 69 heavy (non-hydrogen) atoms. The van der Waals surface area contributed by atoms with Gasteiger partial charge in [-0.2, -0.15) is 0 Å². The van der Waals surface area contributed by atoms with Crippen molar-refractivity contribution >= 4 is 87.8 Å². The summed E-state index contributed by atoms with van der Waals surface area (Å²) >= 11 is 6.25. The molecule has 3 aliphatic rings. The van der Waals surface area contributed by atoms with E-state index >= 15 is 0 Å². The molecule has 0 spiro atoms. The summed E-state index contributed by atoms with van der Waals surface area (Å²) in [6.07, 6.45) is 0. The van der Waals surface area contributed by atoms with Gasteiger partial charge in [-0.3, -0.25) is 0 Å². The van der Waals surface area contributed by atoms with Crippen LogP contribution >= 0.6 is 11.6 Å². The number of carbonyl (C=O) groups is 1. The topological polar surface area (TPSA) is 105 Å². The number of para-hydroxylation sites is 2. The number of carboxylic acids is 1. The van der Waals surface area contributed by atoms with Crippen LogP contribution in [0, 0.1) is 25.7 Å². The van der Waals surface area contributed by atoms with Crippen LogP contribution < -0.4 is 62.0 Å². The molecule has 0 amide bonds. The van der Waals surface area contributed by atoms with Crippen LogP contribution in [0.15, 0.2) is 72.8 Å². The van der Waals surface area contributed by atoms with Crippen LogP contribution in [-0.2, 0) is 45.8 Å². The SMILES string of the molecule is CC(=O)[O-].CC1(C)OB(B2OC(C)(C)C(C)(C)O2)OC1(C)C.Cc1cc(B2OC(C)(C)C(C)(C)O2)cc2c1c1ccccc1n2CC(C)C.Cc1cc(Cl)cc2c1c1ccccc1n2CC(C)C.[K+]. The number of aryl methyl sites for hydroxylation is 2. The molecule has 0 aliphatic carbocycles. The summed E-state index contributed by atoms with van der Waals surface area (Å²) in [5, 5.41) is 15.0. The Morgan fingerprint density at radius 3 is 1.23 bits per heavy atom. The van der Waals surface area contributed by atoms with Crippen LogP contribution in [-0.4, -0.2) is 69.8 Å². The maximum absolute atomic E-state index is 8.89. The summed E-state index contributed by atoms with van der Waals surface area (Å²) in [6.45, 7) is 41.0. The Labute approximate surface area is 461 Å². The maximum Gasteiger partial charge on any atom is 1.00 e. The number of benzene rings is 4. The van der Waals surface area contributed by atoms with Gasteiger partial charge in [0.05, 0.1) is 39.1 Å². The third-order valence-electron chi connectivity index (χ3n) is 14.5. The molecule has 5 heterocycles. The number of hydrogen-bond donors (Lipinski definition) is 0. The van der Waals surface area contributed by atoms with Gasteiger partial charge in [0.2, 0.25) is 0 Å². The molecule has 6 aromatic rings. The van der Waals surface area contributed by atoms with Crippen molar-refractivity contribution in [3.63, 3.8) is 0 Å². The molecule has 366 valence electrons. The van der Waals surface area contributed by atoms with Gasteiger partial charge in [-0.25, -0.2) is 0 Å². The summed E-state index contributed by atoms with van der Waals surface area (Å²) in [4.78, 5) is 8.89. The molecule has 0 unspecified atom stereocenters. The van der Waals surface area contributed by atoms with E-state index in [1.165, 1.54) is 54.7 Å². The fourth-order valence-corrected chi connectivity index (χ4v) is 9.25. The van der Waals surface area contributed by atoms with Gasteiger partial charge in [0.15, 0.2) is 0 Å². The number of carboxylic acid groups (broad SMARTS) is 1. The Morgan fingerprint density at radius 1 is 0.551 bits per heavy atom. The van der Waals surface area contributed by atoms with Crippen molar-refractivity contribution in [2.24, 2.45) is 11.8 Å². The van der Waals surface area contributed by atoms with Gasteiger partial charge in [-0.1, -0.05) is 81.8 Å². The number of aromatic nitrogens is 2. The molecular formula is C54H75B3ClKN2O8. The second kappa shape index (κ2) is 21.4. The monoisotopic (exact) mass is 987 g/mol. The first-order valence-electron chi connectivity index (χ1n) is 24.2. The normalized spacial score (nSPS) is 19.4. The second-order valence-corrected chi connectivity index (χ2v) is 23.2. The summed E-state index contributed by atoms with van der Waals surface area (Å²) in [5.74, 6) is 0.100. The van der Waals surface area contributed by atoms with Crippen LogP contribution in [0.5, 0.6) is 0 Å². The fraction of sp³-hybridized carbons (Fsp3) is 0.537. The Kier molecular flexibility index (Phi) is 17.9. The molecule has 9 rings (SSSR count). The first kappa shape index (κ1) is 57.7. The first-order valence-corrected chi connectivity index (χ1v) is 24.6. The number of nitrogens with zero attached hydrogens (tertiary/aromatic N) is 2. The number of rotatable bonds is 6. The van der Waals surface area contributed by atoms with Crippen molar-refractivity contribution in [1.29, 1.82) is 0 Å². The van der Waals surface area contributed by atoms with E-state index in [-0.39, 0.29) is 92.1 Å². The van der Waals surface area contributed by atoms with Gasteiger partial charge in [-0.05, 0) is 163 Å². The molecule has 4 aromatic carbocycles. The van der Waals surface area contributed by atoms with Crippen molar-refractivity contribution in [2.45, 2.75) is 178 Å². The molecule has 0 N–H and O–H groups in total. The summed E-state index contributed by atoms with van der Waals surface area (Å²) in [7, 11) is -1.28. The Bertz CT molecular complexity index is 2710. The van der Waals surface area contributed by atoms with E-state index < -0.39 is 20.0 Å². The minimum Gasteiger partial charge on any atom is -0.550 e. The van der Waals surface area contributed by atoms with Crippen LogP contribution in [0.2, 0.25) is 5.02 Å². The average Bonchev–Trinajstić information content (AvgIpc) is 3.89. The van der Waals surface area contributed by atoms with E-state index in [4.69, 9.17) is 49.4 Å². The van der Waals surface area contributed by atoms with Gasteiger partial charge in [0.25, 0.3) is 0 Å². The number of carbonyl (C=O) groups excluding carboxylic acids is 1. The zero-order chi connectivity index (χ0) is 50.7. The third-order valence-corrected chi connectivity index (χ3v) is 14.7. The Balaban J connectivity index is 0.000000189. The molecule has 0 atom stereocenters. The molecule has 2 aromatic heterocycles. The minimum absolute atomic E-state index is 0. The van der Waals surface area contributed by atoms with E-state index in [9.17, 15) is 0 Å². The van der Waals surface area contributed by atoms with Gasteiger partial charge in [0.1, 0.15) is 0 Å². The summed E-state index contributed by atoms with van der Waals surface area (Å²) in [6, 6.07) is 26.0. The van der Waals surface area contributed by atoms with Crippen LogP contribution in [0.1, 0.15) is 129 Å². The van der Waals surface area contributed by atoms with Crippen molar-refractivity contribution in [3.8, 4) is 0 Å². The Hall–Kier alpha value is -2.17. The van der Waals surface area contributed by atoms with Crippen molar-refractivity contribution < 1.29 is 89.2 Å². The van der Waals surface area contributed by atoms with E-state index in [1.807, 2.05) is 55.4 Å². The minimum atomic E-state index is -1.08. The molecule has 3 saturated heterocycles. The molecule has 3 fully saturated rings. The molecule has 0 radical (unpaired) electrons. The van der Waals surface area contributed by atoms with E-state index in [0.29, 0.717) is 11.8 Å². The van der Waals surface area contributed by atoms with Crippen LogP contribution in [0.3, 0.4) is 0 Å². The van der Waals surface area contributed by atoms with Crippen molar-refractivity contribution in [2.75, 3.05) is 0 Å². The van der Waals surface area contributed by atoms with E-state index in [0.717, 1.165) is 30.5 Å². The predicted octanol–water partition coefficient (Wildman–Crippen LogP) is 8.48. The third kappa shape index (κ3) is 12.1.